The number of fused-ring (bicyclic) bond motifs is 1. The van der Waals surface area contributed by atoms with Gasteiger partial charge in [-0.25, -0.2) is 0 Å². The van der Waals surface area contributed by atoms with E-state index in [0.29, 0.717) is 22.7 Å². The minimum atomic E-state index is -0.0888. The Hall–Kier alpha value is -3.51. The van der Waals surface area contributed by atoms with Crippen LogP contribution < -0.4 is 5.56 Å². The molecule has 5 nitrogen and oxygen atoms in total. The summed E-state index contributed by atoms with van der Waals surface area (Å²) in [5, 5.41) is 5.55. The molecule has 5 rings (SSSR count). The Labute approximate surface area is 187 Å². The highest BCUT2D eigenvalue weighted by Gasteiger charge is 2.18. The molecule has 0 radical (unpaired) electrons. The first-order valence-electron chi connectivity index (χ1n) is 9.98. The molecular weight excluding hydrogens is 454 g/mol. The van der Waals surface area contributed by atoms with Crippen molar-refractivity contribution in [2.24, 2.45) is 0 Å². The van der Waals surface area contributed by atoms with E-state index in [0.717, 1.165) is 27.5 Å². The van der Waals surface area contributed by atoms with Crippen molar-refractivity contribution in [2.75, 3.05) is 0 Å². The van der Waals surface area contributed by atoms with Gasteiger partial charge in [0.2, 0.25) is 5.82 Å². The highest BCUT2D eigenvalue weighted by Crippen LogP contribution is 2.31. The largest absolute Gasteiger partial charge is 0.334 e. The third-order valence-corrected chi connectivity index (χ3v) is 6.01. The quantitative estimate of drug-likeness (QED) is 0.320. The van der Waals surface area contributed by atoms with Crippen molar-refractivity contribution in [3.63, 3.8) is 0 Å². The zero-order valence-electron chi connectivity index (χ0n) is 16.7. The normalized spacial score (nSPS) is 11.2. The van der Waals surface area contributed by atoms with Gasteiger partial charge in [-0.15, -0.1) is 0 Å². The number of hydrogen-bond acceptors (Lipinski definition) is 4. The minimum Gasteiger partial charge on any atom is -0.334 e. The molecule has 0 aliphatic carbocycles. The highest BCUT2D eigenvalue weighted by molar-refractivity contribution is 9.10. The van der Waals surface area contributed by atoms with Crippen molar-refractivity contribution in [1.82, 2.24) is 14.7 Å². The maximum absolute atomic E-state index is 13.2. The molecule has 0 saturated heterocycles. The van der Waals surface area contributed by atoms with Crippen molar-refractivity contribution < 1.29 is 4.52 Å². The Morgan fingerprint density at radius 2 is 1.61 bits per heavy atom. The summed E-state index contributed by atoms with van der Waals surface area (Å²) in [5.74, 6) is 0.845. The van der Waals surface area contributed by atoms with Crippen LogP contribution in [-0.2, 0) is 6.42 Å². The fourth-order valence-corrected chi connectivity index (χ4v) is 4.09. The molecule has 0 amide bonds. The number of aryl methyl sites for hydroxylation is 1. The predicted octanol–water partition coefficient (Wildman–Crippen LogP) is 6.03. The maximum atomic E-state index is 13.2. The molecule has 0 atom stereocenters. The van der Waals surface area contributed by atoms with Crippen molar-refractivity contribution in [3.05, 3.63) is 99.4 Å². The van der Waals surface area contributed by atoms with Gasteiger partial charge in [0.05, 0.1) is 5.56 Å². The van der Waals surface area contributed by atoms with Crippen LogP contribution in [0.25, 0.3) is 39.3 Å². The zero-order chi connectivity index (χ0) is 21.4. The van der Waals surface area contributed by atoms with E-state index in [1.54, 1.807) is 10.8 Å². The van der Waals surface area contributed by atoms with E-state index >= 15 is 0 Å². The van der Waals surface area contributed by atoms with E-state index in [1.165, 1.54) is 5.56 Å². The molecule has 2 heterocycles. The number of rotatable bonds is 4. The van der Waals surface area contributed by atoms with Gasteiger partial charge >= 0.3 is 0 Å². The summed E-state index contributed by atoms with van der Waals surface area (Å²) in [4.78, 5) is 17.9. The lowest BCUT2D eigenvalue weighted by Crippen LogP contribution is -2.18. The monoisotopic (exact) mass is 471 g/mol. The summed E-state index contributed by atoms with van der Waals surface area (Å²) < 4.78 is 8.16. The van der Waals surface area contributed by atoms with E-state index in [4.69, 9.17) is 4.52 Å². The standard InChI is InChI=1S/C25H18BrN3O2/c1-2-16-11-13-17(14-12-16)29-15-21(18-7-3-4-8-19(18)25(29)30)24-27-23(28-31-24)20-9-5-6-10-22(20)26/h3-15H,2H2,1H3. The van der Waals surface area contributed by atoms with Crippen LogP contribution in [-0.4, -0.2) is 14.7 Å². The van der Waals surface area contributed by atoms with Crippen LogP contribution in [0.4, 0.5) is 0 Å². The molecule has 0 fully saturated rings. The number of benzene rings is 3. The Balaban J connectivity index is 1.71. The van der Waals surface area contributed by atoms with Crippen LogP contribution in [0.2, 0.25) is 0 Å². The minimum absolute atomic E-state index is 0.0888. The summed E-state index contributed by atoms with van der Waals surface area (Å²) in [6, 6.07) is 23.2. The molecule has 0 N–H and O–H groups in total. The second kappa shape index (κ2) is 7.96. The Kier molecular flexibility index (Phi) is 5.00. The van der Waals surface area contributed by atoms with Gasteiger partial charge in [0.25, 0.3) is 11.4 Å². The van der Waals surface area contributed by atoms with Crippen molar-refractivity contribution in [2.45, 2.75) is 13.3 Å². The fourth-order valence-electron chi connectivity index (χ4n) is 3.63. The average molecular weight is 472 g/mol. The first kappa shape index (κ1) is 19.5. The summed E-state index contributed by atoms with van der Waals surface area (Å²) in [7, 11) is 0. The predicted molar refractivity (Wildman–Crippen MR) is 125 cm³/mol. The molecule has 0 aliphatic heterocycles. The molecule has 0 saturated carbocycles. The highest BCUT2D eigenvalue weighted by atomic mass is 79.9. The number of halogens is 1. The lowest BCUT2D eigenvalue weighted by Gasteiger charge is -2.11. The van der Waals surface area contributed by atoms with Crippen LogP contribution in [0, 0.1) is 0 Å². The molecule has 31 heavy (non-hydrogen) atoms. The summed E-state index contributed by atoms with van der Waals surface area (Å²) in [6.45, 7) is 2.10. The van der Waals surface area contributed by atoms with Gasteiger partial charge in [0.1, 0.15) is 0 Å². The third kappa shape index (κ3) is 3.49. The first-order valence-corrected chi connectivity index (χ1v) is 10.8. The van der Waals surface area contributed by atoms with Crippen LogP contribution in [0.1, 0.15) is 12.5 Å². The molecule has 6 heteroatoms. The molecule has 0 bridgehead atoms. The van der Waals surface area contributed by atoms with Gasteiger partial charge in [-0.05, 0) is 42.3 Å². The van der Waals surface area contributed by atoms with E-state index < -0.39 is 0 Å². The molecule has 0 aliphatic rings. The van der Waals surface area contributed by atoms with Crippen LogP contribution in [0.5, 0.6) is 0 Å². The van der Waals surface area contributed by atoms with E-state index in [2.05, 4.69) is 33.0 Å². The van der Waals surface area contributed by atoms with Gasteiger partial charge in [-0.1, -0.05) is 70.5 Å². The molecule has 3 aromatic carbocycles. The molecular formula is C25H18BrN3O2. The second-order valence-electron chi connectivity index (χ2n) is 7.19. The molecule has 0 unspecified atom stereocenters. The van der Waals surface area contributed by atoms with Crippen LogP contribution in [0.3, 0.4) is 0 Å². The number of hydrogen-bond donors (Lipinski definition) is 0. The van der Waals surface area contributed by atoms with E-state index in [1.807, 2.05) is 72.8 Å². The van der Waals surface area contributed by atoms with E-state index in [9.17, 15) is 4.79 Å². The van der Waals surface area contributed by atoms with Crippen molar-refractivity contribution >= 4 is 26.7 Å². The Morgan fingerprint density at radius 3 is 2.35 bits per heavy atom. The lowest BCUT2D eigenvalue weighted by atomic mass is 10.1. The van der Waals surface area contributed by atoms with Gasteiger partial charge in [-0.2, -0.15) is 4.98 Å². The van der Waals surface area contributed by atoms with Crippen LogP contribution in [0.15, 0.2) is 92.8 Å². The smallest absolute Gasteiger partial charge is 0.262 e. The lowest BCUT2D eigenvalue weighted by molar-refractivity contribution is 0.432. The Bertz CT molecular complexity index is 1450. The zero-order valence-corrected chi connectivity index (χ0v) is 18.3. The molecule has 152 valence electrons. The molecule has 5 aromatic rings. The first-order chi connectivity index (χ1) is 15.2. The second-order valence-corrected chi connectivity index (χ2v) is 8.04. The Morgan fingerprint density at radius 1 is 0.903 bits per heavy atom. The summed E-state index contributed by atoms with van der Waals surface area (Å²) >= 11 is 3.53. The SMILES string of the molecule is CCc1ccc(-n2cc(-c3nc(-c4ccccc4Br)no3)c3ccccc3c2=O)cc1. The molecule has 0 spiro atoms. The van der Waals surface area contributed by atoms with Gasteiger partial charge in [0, 0.05) is 32.7 Å². The average Bonchev–Trinajstić information content (AvgIpc) is 3.30. The summed E-state index contributed by atoms with van der Waals surface area (Å²) in [5.41, 5.74) is 3.47. The third-order valence-electron chi connectivity index (χ3n) is 5.32. The van der Waals surface area contributed by atoms with Crippen LogP contribution >= 0.6 is 15.9 Å². The van der Waals surface area contributed by atoms with E-state index in [-0.39, 0.29) is 5.56 Å². The molecule has 2 aromatic heterocycles. The van der Waals surface area contributed by atoms with Crippen molar-refractivity contribution in [3.8, 4) is 28.5 Å². The topological polar surface area (TPSA) is 60.9 Å². The van der Waals surface area contributed by atoms with Crippen molar-refractivity contribution in [1.29, 1.82) is 0 Å². The number of aromatic nitrogens is 3. The van der Waals surface area contributed by atoms with Gasteiger partial charge < -0.3 is 4.52 Å². The summed E-state index contributed by atoms with van der Waals surface area (Å²) in [6.07, 6.45) is 2.72. The maximum Gasteiger partial charge on any atom is 0.262 e. The number of pyridine rings is 1. The fraction of sp³-hybridized carbons (Fsp3) is 0.0800. The number of nitrogens with zero attached hydrogens (tertiary/aromatic N) is 3. The van der Waals surface area contributed by atoms with Gasteiger partial charge in [-0.3, -0.25) is 9.36 Å². The van der Waals surface area contributed by atoms with Gasteiger partial charge in [0.15, 0.2) is 0 Å².